The van der Waals surface area contributed by atoms with Crippen LogP contribution in [0.15, 0.2) is 59.6 Å². The number of anilines is 1. The van der Waals surface area contributed by atoms with Gasteiger partial charge in [-0.05, 0) is 45.8 Å². The Balaban J connectivity index is 1.75. The fourth-order valence-corrected chi connectivity index (χ4v) is 2.22. The highest BCUT2D eigenvalue weighted by atomic mass is 79.9. The molecule has 0 unspecified atom stereocenters. The van der Waals surface area contributed by atoms with E-state index in [0.717, 1.165) is 11.3 Å². The van der Waals surface area contributed by atoms with Crippen molar-refractivity contribution in [2.24, 2.45) is 0 Å². The maximum absolute atomic E-state index is 12.1. The lowest BCUT2D eigenvalue weighted by atomic mass is 10.1. The number of aromatic nitrogens is 3. The SMILES string of the molecule is O=C(Nc1ccc(-c2cnc[nH]2)cc1)c1cccc(Br)n1. The molecule has 0 spiro atoms. The van der Waals surface area contributed by atoms with Gasteiger partial charge in [-0.3, -0.25) is 4.79 Å². The van der Waals surface area contributed by atoms with Crippen molar-refractivity contribution in [2.75, 3.05) is 5.32 Å². The molecule has 2 N–H and O–H groups in total. The number of H-pyrrole nitrogens is 1. The molecule has 104 valence electrons. The molecule has 0 fully saturated rings. The molecule has 0 saturated carbocycles. The lowest BCUT2D eigenvalue weighted by molar-refractivity contribution is 0.102. The van der Waals surface area contributed by atoms with E-state index in [1.807, 2.05) is 24.3 Å². The van der Waals surface area contributed by atoms with Crippen molar-refractivity contribution in [2.45, 2.75) is 0 Å². The van der Waals surface area contributed by atoms with Crippen LogP contribution in [0.3, 0.4) is 0 Å². The van der Waals surface area contributed by atoms with Gasteiger partial charge in [0.05, 0.1) is 18.2 Å². The van der Waals surface area contributed by atoms with Crippen molar-refractivity contribution in [3.63, 3.8) is 0 Å². The third kappa shape index (κ3) is 3.17. The van der Waals surface area contributed by atoms with E-state index >= 15 is 0 Å². The second kappa shape index (κ2) is 5.88. The first-order chi connectivity index (χ1) is 10.2. The van der Waals surface area contributed by atoms with Crippen LogP contribution in [0.25, 0.3) is 11.3 Å². The van der Waals surface area contributed by atoms with Crippen LogP contribution in [0, 0.1) is 0 Å². The predicted octanol–water partition coefficient (Wildman–Crippen LogP) is 3.49. The normalized spacial score (nSPS) is 10.3. The number of carbonyl (C=O) groups excluding carboxylic acids is 1. The number of amides is 1. The van der Waals surface area contributed by atoms with Crippen molar-refractivity contribution in [1.29, 1.82) is 0 Å². The van der Waals surface area contributed by atoms with Gasteiger partial charge in [0, 0.05) is 5.69 Å². The van der Waals surface area contributed by atoms with Crippen LogP contribution >= 0.6 is 15.9 Å². The molecule has 5 nitrogen and oxygen atoms in total. The van der Waals surface area contributed by atoms with E-state index in [9.17, 15) is 4.79 Å². The molecule has 3 aromatic rings. The van der Waals surface area contributed by atoms with Crippen LogP contribution < -0.4 is 5.32 Å². The topological polar surface area (TPSA) is 70.7 Å². The molecule has 2 aromatic heterocycles. The molecule has 0 saturated heterocycles. The summed E-state index contributed by atoms with van der Waals surface area (Å²) in [5.74, 6) is -0.245. The van der Waals surface area contributed by atoms with Gasteiger partial charge in [0.1, 0.15) is 10.3 Å². The summed E-state index contributed by atoms with van der Waals surface area (Å²) in [7, 11) is 0. The molecular weight excluding hydrogens is 332 g/mol. The lowest BCUT2D eigenvalue weighted by Gasteiger charge is -2.06. The van der Waals surface area contributed by atoms with Gasteiger partial charge in [-0.25, -0.2) is 9.97 Å². The molecule has 0 atom stereocenters. The molecular formula is C15H11BrN4O. The van der Waals surface area contributed by atoms with E-state index in [1.165, 1.54) is 0 Å². The number of carbonyl (C=O) groups is 1. The summed E-state index contributed by atoms with van der Waals surface area (Å²) in [6, 6.07) is 12.7. The molecule has 0 bridgehead atoms. The van der Waals surface area contributed by atoms with E-state index in [4.69, 9.17) is 0 Å². The Bertz CT molecular complexity index is 754. The Hall–Kier alpha value is -2.47. The van der Waals surface area contributed by atoms with Crippen molar-refractivity contribution in [3.05, 3.63) is 65.3 Å². The number of nitrogens with one attached hydrogen (secondary N) is 2. The van der Waals surface area contributed by atoms with E-state index in [1.54, 1.807) is 30.7 Å². The van der Waals surface area contributed by atoms with Gasteiger partial charge in [-0.15, -0.1) is 0 Å². The van der Waals surface area contributed by atoms with Crippen LogP contribution in [0.5, 0.6) is 0 Å². The molecule has 21 heavy (non-hydrogen) atoms. The maximum atomic E-state index is 12.1. The first-order valence-corrected chi connectivity index (χ1v) is 7.04. The minimum atomic E-state index is -0.245. The van der Waals surface area contributed by atoms with E-state index < -0.39 is 0 Å². The Morgan fingerprint density at radius 1 is 1.14 bits per heavy atom. The van der Waals surface area contributed by atoms with Gasteiger partial charge in [-0.2, -0.15) is 0 Å². The highest BCUT2D eigenvalue weighted by Crippen LogP contribution is 2.19. The van der Waals surface area contributed by atoms with Crippen LogP contribution in [-0.4, -0.2) is 20.9 Å². The average Bonchev–Trinajstić information content (AvgIpc) is 3.02. The van der Waals surface area contributed by atoms with E-state index in [2.05, 4.69) is 36.2 Å². The minimum absolute atomic E-state index is 0.245. The van der Waals surface area contributed by atoms with Crippen LogP contribution in [-0.2, 0) is 0 Å². The summed E-state index contributed by atoms with van der Waals surface area (Å²) < 4.78 is 0.629. The van der Waals surface area contributed by atoms with Crippen molar-refractivity contribution in [1.82, 2.24) is 15.0 Å². The number of rotatable bonds is 3. The summed E-state index contributed by atoms with van der Waals surface area (Å²) in [6.45, 7) is 0. The molecule has 3 rings (SSSR count). The quantitative estimate of drug-likeness (QED) is 0.715. The third-order valence-electron chi connectivity index (χ3n) is 2.90. The minimum Gasteiger partial charge on any atom is -0.345 e. The number of nitrogens with zero attached hydrogens (tertiary/aromatic N) is 2. The fraction of sp³-hybridized carbons (Fsp3) is 0. The van der Waals surface area contributed by atoms with Crippen molar-refractivity contribution >= 4 is 27.5 Å². The molecule has 0 radical (unpaired) electrons. The number of aromatic amines is 1. The van der Waals surface area contributed by atoms with Crippen LogP contribution in [0.2, 0.25) is 0 Å². The number of hydrogen-bond acceptors (Lipinski definition) is 3. The zero-order valence-electron chi connectivity index (χ0n) is 10.9. The van der Waals surface area contributed by atoms with Crippen LogP contribution in [0.1, 0.15) is 10.5 Å². The number of pyridine rings is 1. The molecule has 1 aromatic carbocycles. The summed E-state index contributed by atoms with van der Waals surface area (Å²) in [6.07, 6.45) is 3.38. The summed E-state index contributed by atoms with van der Waals surface area (Å²) in [4.78, 5) is 23.2. The Kier molecular flexibility index (Phi) is 3.79. The van der Waals surface area contributed by atoms with Gasteiger partial charge >= 0.3 is 0 Å². The third-order valence-corrected chi connectivity index (χ3v) is 3.34. The maximum Gasteiger partial charge on any atom is 0.274 e. The Labute approximate surface area is 129 Å². The molecule has 0 aliphatic carbocycles. The van der Waals surface area contributed by atoms with E-state index in [0.29, 0.717) is 16.0 Å². The number of imidazole rings is 1. The predicted molar refractivity (Wildman–Crippen MR) is 83.9 cm³/mol. The standard InChI is InChI=1S/C15H11BrN4O/c16-14-3-1-2-12(20-14)15(21)19-11-6-4-10(5-7-11)13-8-17-9-18-13/h1-9H,(H,17,18)(H,19,21). The number of halogens is 1. The monoisotopic (exact) mass is 342 g/mol. The highest BCUT2D eigenvalue weighted by Gasteiger charge is 2.08. The highest BCUT2D eigenvalue weighted by molar-refractivity contribution is 9.10. The Morgan fingerprint density at radius 3 is 2.62 bits per heavy atom. The van der Waals surface area contributed by atoms with Crippen molar-refractivity contribution < 1.29 is 4.79 Å². The molecule has 0 aliphatic heterocycles. The fourth-order valence-electron chi connectivity index (χ4n) is 1.88. The first kappa shape index (κ1) is 13.5. The van der Waals surface area contributed by atoms with Gasteiger partial charge in [0.25, 0.3) is 5.91 Å². The van der Waals surface area contributed by atoms with Gasteiger partial charge in [0.15, 0.2) is 0 Å². The summed E-state index contributed by atoms with van der Waals surface area (Å²) in [5.41, 5.74) is 3.01. The van der Waals surface area contributed by atoms with Gasteiger partial charge in [0.2, 0.25) is 0 Å². The second-order valence-corrected chi connectivity index (χ2v) is 5.15. The molecule has 6 heteroatoms. The van der Waals surface area contributed by atoms with Gasteiger partial charge < -0.3 is 10.3 Å². The van der Waals surface area contributed by atoms with E-state index in [-0.39, 0.29) is 5.91 Å². The molecule has 0 aliphatic rings. The smallest absolute Gasteiger partial charge is 0.274 e. The lowest BCUT2D eigenvalue weighted by Crippen LogP contribution is -2.13. The number of benzene rings is 1. The molecule has 1 amide bonds. The average molecular weight is 343 g/mol. The Morgan fingerprint density at radius 2 is 1.95 bits per heavy atom. The zero-order chi connectivity index (χ0) is 14.7. The zero-order valence-corrected chi connectivity index (χ0v) is 12.5. The first-order valence-electron chi connectivity index (χ1n) is 6.25. The van der Waals surface area contributed by atoms with Crippen molar-refractivity contribution in [3.8, 4) is 11.3 Å². The van der Waals surface area contributed by atoms with Crippen LogP contribution in [0.4, 0.5) is 5.69 Å². The summed E-state index contributed by atoms with van der Waals surface area (Å²) in [5, 5.41) is 2.81. The second-order valence-electron chi connectivity index (χ2n) is 4.34. The molecule has 2 heterocycles. The van der Waals surface area contributed by atoms with Gasteiger partial charge in [-0.1, -0.05) is 18.2 Å². The summed E-state index contributed by atoms with van der Waals surface area (Å²) >= 11 is 3.25. The number of hydrogen-bond donors (Lipinski definition) is 2. The largest absolute Gasteiger partial charge is 0.345 e.